The molecule has 6 heteroatoms. The van der Waals surface area contributed by atoms with E-state index in [0.29, 0.717) is 24.4 Å². The van der Waals surface area contributed by atoms with E-state index in [0.717, 1.165) is 36.0 Å². The van der Waals surface area contributed by atoms with Crippen molar-refractivity contribution >= 4 is 16.0 Å². The lowest BCUT2D eigenvalue weighted by Gasteiger charge is -2.26. The van der Waals surface area contributed by atoms with Crippen LogP contribution in [-0.2, 0) is 10.0 Å². The number of hydrogen-bond donors (Lipinski definition) is 0. The van der Waals surface area contributed by atoms with E-state index in [1.807, 2.05) is 32.9 Å². The molecule has 0 unspecified atom stereocenters. The number of carbonyl (C=O) groups excluding carboxylic acids is 1. The first-order valence-corrected chi connectivity index (χ1v) is 11.1. The molecule has 2 aromatic rings. The second-order valence-corrected chi connectivity index (χ2v) is 9.39. The van der Waals surface area contributed by atoms with Crippen LogP contribution in [-0.4, -0.2) is 31.8 Å². The van der Waals surface area contributed by atoms with Gasteiger partial charge in [0.25, 0.3) is 0 Å². The van der Waals surface area contributed by atoms with Gasteiger partial charge in [0.15, 0.2) is 0 Å². The lowest BCUT2D eigenvalue weighted by molar-refractivity contribution is 0.0732. The molecule has 1 saturated heterocycles. The molecule has 5 nitrogen and oxygen atoms in total. The van der Waals surface area contributed by atoms with Gasteiger partial charge >= 0.3 is 5.97 Å². The second kappa shape index (κ2) is 8.05. The van der Waals surface area contributed by atoms with Gasteiger partial charge in [-0.15, -0.1) is 0 Å². The minimum absolute atomic E-state index is 0.182. The zero-order valence-corrected chi connectivity index (χ0v) is 17.7. The molecule has 0 radical (unpaired) electrons. The Labute approximate surface area is 167 Å². The number of rotatable bonds is 4. The number of nitrogens with zero attached hydrogens (tertiary/aromatic N) is 1. The lowest BCUT2D eigenvalue weighted by Crippen LogP contribution is -2.36. The van der Waals surface area contributed by atoms with E-state index >= 15 is 0 Å². The SMILES string of the molecule is Cc1ccc(C(=O)Oc2c(C)ccc(C)c2C)cc1S(=O)(=O)N1CCCCC1. The van der Waals surface area contributed by atoms with Gasteiger partial charge in [-0.3, -0.25) is 0 Å². The summed E-state index contributed by atoms with van der Waals surface area (Å²) in [5, 5.41) is 0. The van der Waals surface area contributed by atoms with Gasteiger partial charge in [-0.2, -0.15) is 4.31 Å². The third kappa shape index (κ3) is 3.98. The summed E-state index contributed by atoms with van der Waals surface area (Å²) in [6.07, 6.45) is 2.78. The third-order valence-corrected chi connectivity index (χ3v) is 7.47. The molecular formula is C22H27NO4S. The van der Waals surface area contributed by atoms with E-state index in [9.17, 15) is 13.2 Å². The Morgan fingerprint density at radius 2 is 1.50 bits per heavy atom. The second-order valence-electron chi connectivity index (χ2n) is 7.49. The van der Waals surface area contributed by atoms with E-state index in [1.165, 1.54) is 10.4 Å². The molecule has 28 heavy (non-hydrogen) atoms. The minimum atomic E-state index is -3.62. The number of benzene rings is 2. The maximum absolute atomic E-state index is 13.1. The molecule has 1 aliphatic rings. The highest BCUT2D eigenvalue weighted by Gasteiger charge is 2.28. The van der Waals surface area contributed by atoms with Crippen molar-refractivity contribution in [2.24, 2.45) is 0 Å². The van der Waals surface area contributed by atoms with E-state index in [-0.39, 0.29) is 10.5 Å². The smallest absolute Gasteiger partial charge is 0.343 e. The van der Waals surface area contributed by atoms with Crippen LogP contribution in [0.5, 0.6) is 5.75 Å². The molecule has 0 amide bonds. The number of carbonyl (C=O) groups is 1. The van der Waals surface area contributed by atoms with E-state index in [1.54, 1.807) is 19.1 Å². The molecule has 0 saturated carbocycles. The minimum Gasteiger partial charge on any atom is -0.422 e. The number of esters is 1. The summed E-state index contributed by atoms with van der Waals surface area (Å²) in [6, 6.07) is 8.63. The molecule has 2 aromatic carbocycles. The van der Waals surface area contributed by atoms with Gasteiger partial charge in [-0.05, 0) is 74.9 Å². The highest BCUT2D eigenvalue weighted by molar-refractivity contribution is 7.89. The van der Waals surface area contributed by atoms with E-state index in [2.05, 4.69) is 0 Å². The van der Waals surface area contributed by atoms with Crippen molar-refractivity contribution in [1.82, 2.24) is 4.31 Å². The first-order valence-electron chi connectivity index (χ1n) is 9.61. The van der Waals surface area contributed by atoms with Crippen LogP contribution in [0, 0.1) is 27.7 Å². The van der Waals surface area contributed by atoms with Crippen LogP contribution in [0.15, 0.2) is 35.2 Å². The Morgan fingerprint density at radius 3 is 2.18 bits per heavy atom. The van der Waals surface area contributed by atoms with Gasteiger partial charge in [0.2, 0.25) is 10.0 Å². The van der Waals surface area contributed by atoms with Crippen LogP contribution in [0.4, 0.5) is 0 Å². The van der Waals surface area contributed by atoms with Gasteiger partial charge in [-0.25, -0.2) is 13.2 Å². The van der Waals surface area contributed by atoms with Crippen molar-refractivity contribution in [2.75, 3.05) is 13.1 Å². The summed E-state index contributed by atoms with van der Waals surface area (Å²) in [6.45, 7) is 8.56. The molecule has 150 valence electrons. The van der Waals surface area contributed by atoms with Crippen LogP contribution in [0.3, 0.4) is 0 Å². The summed E-state index contributed by atoms with van der Waals surface area (Å²) >= 11 is 0. The Balaban J connectivity index is 1.93. The van der Waals surface area contributed by atoms with Crippen LogP contribution in [0.2, 0.25) is 0 Å². The average Bonchev–Trinajstić information content (AvgIpc) is 2.69. The van der Waals surface area contributed by atoms with Crippen LogP contribution >= 0.6 is 0 Å². The molecule has 0 spiro atoms. The van der Waals surface area contributed by atoms with Gasteiger partial charge in [0, 0.05) is 13.1 Å². The highest BCUT2D eigenvalue weighted by atomic mass is 32.2. The summed E-state index contributed by atoms with van der Waals surface area (Å²) in [5.41, 5.74) is 3.67. The van der Waals surface area contributed by atoms with Crippen molar-refractivity contribution in [3.8, 4) is 5.75 Å². The van der Waals surface area contributed by atoms with Gasteiger partial charge in [0.05, 0.1) is 10.5 Å². The van der Waals surface area contributed by atoms with Crippen molar-refractivity contribution in [2.45, 2.75) is 51.9 Å². The molecular weight excluding hydrogens is 374 g/mol. The number of piperidine rings is 1. The molecule has 0 N–H and O–H groups in total. The number of ether oxygens (including phenoxy) is 1. The van der Waals surface area contributed by atoms with E-state index in [4.69, 9.17) is 4.74 Å². The molecule has 0 atom stereocenters. The van der Waals surface area contributed by atoms with E-state index < -0.39 is 16.0 Å². The summed E-state index contributed by atoms with van der Waals surface area (Å²) < 4.78 is 33.3. The fraction of sp³-hybridized carbons (Fsp3) is 0.409. The fourth-order valence-corrected chi connectivity index (χ4v) is 5.25. The Kier molecular flexibility index (Phi) is 5.91. The molecule has 1 fully saturated rings. The largest absolute Gasteiger partial charge is 0.422 e. The molecule has 0 bridgehead atoms. The normalized spacial score (nSPS) is 15.4. The Hall–Kier alpha value is -2.18. The van der Waals surface area contributed by atoms with Crippen molar-refractivity contribution in [3.05, 3.63) is 58.1 Å². The first kappa shape index (κ1) is 20.6. The number of aryl methyl sites for hydroxylation is 3. The van der Waals surface area contributed by atoms with Gasteiger partial charge in [0.1, 0.15) is 5.75 Å². The van der Waals surface area contributed by atoms with Crippen molar-refractivity contribution < 1.29 is 17.9 Å². The molecule has 0 aromatic heterocycles. The average molecular weight is 402 g/mol. The maximum atomic E-state index is 13.1. The lowest BCUT2D eigenvalue weighted by atomic mass is 10.1. The Morgan fingerprint density at radius 1 is 0.893 bits per heavy atom. The monoisotopic (exact) mass is 401 g/mol. The Bertz CT molecular complexity index is 1010. The summed E-state index contributed by atoms with van der Waals surface area (Å²) in [5.74, 6) is -0.0158. The van der Waals surface area contributed by atoms with Crippen LogP contribution in [0.1, 0.15) is 51.9 Å². The molecule has 0 aliphatic carbocycles. The summed E-state index contributed by atoms with van der Waals surface area (Å²) in [4.78, 5) is 12.9. The van der Waals surface area contributed by atoms with Crippen molar-refractivity contribution in [3.63, 3.8) is 0 Å². The van der Waals surface area contributed by atoms with Crippen molar-refractivity contribution in [1.29, 1.82) is 0 Å². The van der Waals surface area contributed by atoms with Crippen LogP contribution < -0.4 is 4.74 Å². The van der Waals surface area contributed by atoms with Crippen LogP contribution in [0.25, 0.3) is 0 Å². The number of hydrogen-bond acceptors (Lipinski definition) is 4. The number of sulfonamides is 1. The topological polar surface area (TPSA) is 63.7 Å². The molecule has 1 heterocycles. The maximum Gasteiger partial charge on any atom is 0.343 e. The van der Waals surface area contributed by atoms with Gasteiger partial charge in [-0.1, -0.05) is 24.6 Å². The molecule has 3 rings (SSSR count). The predicted octanol–water partition coefficient (Wildman–Crippen LogP) is 4.31. The summed E-state index contributed by atoms with van der Waals surface area (Å²) in [7, 11) is -3.62. The highest BCUT2D eigenvalue weighted by Crippen LogP contribution is 2.28. The quantitative estimate of drug-likeness (QED) is 0.566. The zero-order valence-electron chi connectivity index (χ0n) is 16.9. The van der Waals surface area contributed by atoms with Gasteiger partial charge < -0.3 is 4.74 Å². The fourth-order valence-electron chi connectivity index (χ4n) is 3.48. The zero-order chi connectivity index (χ0) is 20.5. The predicted molar refractivity (Wildman–Crippen MR) is 109 cm³/mol. The third-order valence-electron chi connectivity index (χ3n) is 5.43. The standard InChI is InChI=1S/C22H27NO4S/c1-15-8-9-17(3)21(18(15)4)27-22(24)19-11-10-16(2)20(14-19)28(25,26)23-12-6-5-7-13-23/h8-11,14H,5-7,12-13H2,1-4H3. The molecule has 1 aliphatic heterocycles. The first-order chi connectivity index (χ1) is 13.2.